The number of likely N-dealkylation sites (tertiary alicyclic amines) is 1. The molecule has 1 aliphatic rings. The summed E-state index contributed by atoms with van der Waals surface area (Å²) < 4.78 is 0. The van der Waals surface area contributed by atoms with Gasteiger partial charge < -0.3 is 10.2 Å². The molecule has 29 heavy (non-hydrogen) atoms. The molecule has 3 aromatic rings. The molecule has 0 radical (unpaired) electrons. The molecular weight excluding hydrogens is 362 g/mol. The topological polar surface area (TPSA) is 73.9 Å². The molecule has 2 N–H and O–H groups in total. The molecule has 2 aromatic carbocycles. The van der Waals surface area contributed by atoms with Gasteiger partial charge in [0, 0.05) is 18.7 Å². The van der Waals surface area contributed by atoms with Gasteiger partial charge in [0.05, 0.1) is 12.0 Å². The molecule has 1 fully saturated rings. The van der Waals surface area contributed by atoms with E-state index in [4.69, 9.17) is 0 Å². The Morgan fingerprint density at radius 2 is 1.83 bits per heavy atom. The second-order valence-corrected chi connectivity index (χ2v) is 7.68. The van der Waals surface area contributed by atoms with E-state index in [1.807, 2.05) is 43.3 Å². The lowest BCUT2D eigenvalue weighted by Crippen LogP contribution is -2.40. The number of aromatic nitrogens is 3. The van der Waals surface area contributed by atoms with Crippen LogP contribution in [0.1, 0.15) is 39.9 Å². The summed E-state index contributed by atoms with van der Waals surface area (Å²) in [6, 6.07) is 19.9. The Morgan fingerprint density at radius 3 is 2.52 bits per heavy atom. The Bertz CT molecular complexity index is 925. The van der Waals surface area contributed by atoms with Gasteiger partial charge in [-0.1, -0.05) is 48.5 Å². The Labute approximate surface area is 171 Å². The average Bonchev–Trinajstić information content (AvgIpc) is 3.35. The lowest BCUT2D eigenvalue weighted by molar-refractivity contribution is 0.0934. The van der Waals surface area contributed by atoms with Crippen molar-refractivity contribution < 1.29 is 4.79 Å². The first-order valence-corrected chi connectivity index (χ1v) is 10.2. The first kappa shape index (κ1) is 19.3. The number of hydrogen-bond donors (Lipinski definition) is 2. The number of aromatic amines is 1. The molecule has 2 atom stereocenters. The van der Waals surface area contributed by atoms with Crippen molar-refractivity contribution in [2.45, 2.75) is 31.7 Å². The zero-order chi connectivity index (χ0) is 20.1. The predicted molar refractivity (Wildman–Crippen MR) is 113 cm³/mol. The molecule has 0 spiro atoms. The molecule has 1 saturated heterocycles. The number of benzene rings is 2. The molecule has 1 amide bonds. The van der Waals surface area contributed by atoms with Gasteiger partial charge >= 0.3 is 0 Å². The van der Waals surface area contributed by atoms with E-state index in [1.54, 1.807) is 0 Å². The maximum absolute atomic E-state index is 12.7. The van der Waals surface area contributed by atoms with Crippen LogP contribution in [0.2, 0.25) is 0 Å². The minimum Gasteiger partial charge on any atom is -0.347 e. The zero-order valence-corrected chi connectivity index (χ0v) is 16.7. The fourth-order valence-corrected chi connectivity index (χ4v) is 3.99. The monoisotopic (exact) mass is 389 g/mol. The maximum atomic E-state index is 12.7. The van der Waals surface area contributed by atoms with E-state index < -0.39 is 0 Å². The summed E-state index contributed by atoms with van der Waals surface area (Å²) in [5, 5.41) is 10.5. The number of aryl methyl sites for hydroxylation is 2. The third kappa shape index (κ3) is 4.90. The highest BCUT2D eigenvalue weighted by molar-refractivity contribution is 5.94. The fourth-order valence-electron chi connectivity index (χ4n) is 3.99. The van der Waals surface area contributed by atoms with Gasteiger partial charge in [-0.25, -0.2) is 4.98 Å². The molecule has 0 saturated carbocycles. The summed E-state index contributed by atoms with van der Waals surface area (Å²) >= 11 is 0. The van der Waals surface area contributed by atoms with Gasteiger partial charge in [-0.05, 0) is 44.0 Å². The van der Waals surface area contributed by atoms with Crippen molar-refractivity contribution in [3.05, 3.63) is 83.4 Å². The molecule has 6 nitrogen and oxygen atoms in total. The highest BCUT2D eigenvalue weighted by atomic mass is 16.1. The molecule has 2 heterocycles. The standard InChI is InChI=1S/C23H27N5O/c1-17-24-22(27-26-17)20-15-28(14-8-11-18-9-4-2-5-10-18)16-21(20)25-23(29)19-12-6-3-7-13-19/h2-7,9-10,12-13,20-21H,8,11,14-16H2,1H3,(H,25,29)(H,24,26,27). The van der Waals surface area contributed by atoms with Crippen LogP contribution in [0.5, 0.6) is 0 Å². The molecule has 2 unspecified atom stereocenters. The van der Waals surface area contributed by atoms with Crippen molar-refractivity contribution in [3.8, 4) is 0 Å². The Kier molecular flexibility index (Phi) is 6.00. The van der Waals surface area contributed by atoms with Gasteiger partial charge in [-0.2, -0.15) is 5.10 Å². The number of hydrogen-bond acceptors (Lipinski definition) is 4. The third-order valence-electron chi connectivity index (χ3n) is 5.48. The summed E-state index contributed by atoms with van der Waals surface area (Å²) in [5.41, 5.74) is 2.04. The third-order valence-corrected chi connectivity index (χ3v) is 5.48. The Morgan fingerprint density at radius 1 is 1.10 bits per heavy atom. The number of amides is 1. The summed E-state index contributed by atoms with van der Waals surface area (Å²) in [5.74, 6) is 1.63. The van der Waals surface area contributed by atoms with Gasteiger partial charge in [0.1, 0.15) is 5.82 Å². The smallest absolute Gasteiger partial charge is 0.251 e. The molecule has 4 rings (SSSR count). The van der Waals surface area contributed by atoms with Crippen LogP contribution in [0.15, 0.2) is 60.7 Å². The lowest BCUT2D eigenvalue weighted by Gasteiger charge is -2.18. The van der Waals surface area contributed by atoms with Gasteiger partial charge in [0.25, 0.3) is 5.91 Å². The minimum absolute atomic E-state index is 0.00497. The number of carbonyl (C=O) groups is 1. The van der Waals surface area contributed by atoms with Crippen molar-refractivity contribution in [3.63, 3.8) is 0 Å². The predicted octanol–water partition coefficient (Wildman–Crippen LogP) is 2.94. The number of nitrogens with one attached hydrogen (secondary N) is 2. The number of carbonyl (C=O) groups excluding carboxylic acids is 1. The molecule has 0 aliphatic carbocycles. The second-order valence-electron chi connectivity index (χ2n) is 7.68. The van der Waals surface area contributed by atoms with E-state index in [2.05, 4.69) is 49.7 Å². The highest BCUT2D eigenvalue weighted by Gasteiger charge is 2.37. The SMILES string of the molecule is Cc1nc(C2CN(CCCc3ccccc3)CC2NC(=O)c2ccccc2)n[nH]1. The van der Waals surface area contributed by atoms with Crippen molar-refractivity contribution in [2.24, 2.45) is 0 Å². The quantitative estimate of drug-likeness (QED) is 0.652. The first-order valence-electron chi connectivity index (χ1n) is 10.2. The summed E-state index contributed by atoms with van der Waals surface area (Å²) in [7, 11) is 0. The maximum Gasteiger partial charge on any atom is 0.251 e. The summed E-state index contributed by atoms with van der Waals surface area (Å²) in [4.78, 5) is 19.7. The van der Waals surface area contributed by atoms with E-state index in [9.17, 15) is 4.79 Å². The van der Waals surface area contributed by atoms with Crippen molar-refractivity contribution in [1.29, 1.82) is 0 Å². The van der Waals surface area contributed by atoms with Crippen LogP contribution in [-0.4, -0.2) is 51.7 Å². The number of rotatable bonds is 7. The van der Waals surface area contributed by atoms with Crippen LogP contribution in [-0.2, 0) is 6.42 Å². The van der Waals surface area contributed by atoms with Crippen molar-refractivity contribution in [1.82, 2.24) is 25.4 Å². The Hall–Kier alpha value is -2.99. The van der Waals surface area contributed by atoms with Crippen LogP contribution in [0.25, 0.3) is 0 Å². The number of nitrogens with zero attached hydrogens (tertiary/aromatic N) is 3. The van der Waals surface area contributed by atoms with Gasteiger partial charge in [-0.3, -0.25) is 9.89 Å². The fraction of sp³-hybridized carbons (Fsp3) is 0.348. The van der Waals surface area contributed by atoms with Crippen LogP contribution in [0.4, 0.5) is 0 Å². The van der Waals surface area contributed by atoms with Gasteiger partial charge in [0.2, 0.25) is 0 Å². The zero-order valence-electron chi connectivity index (χ0n) is 16.7. The van der Waals surface area contributed by atoms with Crippen molar-refractivity contribution in [2.75, 3.05) is 19.6 Å². The highest BCUT2D eigenvalue weighted by Crippen LogP contribution is 2.26. The van der Waals surface area contributed by atoms with Crippen LogP contribution in [0, 0.1) is 6.92 Å². The number of H-pyrrole nitrogens is 1. The van der Waals surface area contributed by atoms with E-state index in [-0.39, 0.29) is 17.9 Å². The molecule has 1 aliphatic heterocycles. The first-order chi connectivity index (χ1) is 14.2. The minimum atomic E-state index is -0.0426. The summed E-state index contributed by atoms with van der Waals surface area (Å²) in [6.45, 7) is 4.56. The van der Waals surface area contributed by atoms with E-state index in [0.29, 0.717) is 5.56 Å². The molecule has 150 valence electrons. The van der Waals surface area contributed by atoms with Gasteiger partial charge in [-0.15, -0.1) is 0 Å². The van der Waals surface area contributed by atoms with E-state index >= 15 is 0 Å². The van der Waals surface area contributed by atoms with Gasteiger partial charge in [0.15, 0.2) is 5.82 Å². The van der Waals surface area contributed by atoms with E-state index in [0.717, 1.165) is 44.1 Å². The molecular formula is C23H27N5O. The molecule has 0 bridgehead atoms. The Balaban J connectivity index is 1.41. The molecule has 6 heteroatoms. The van der Waals surface area contributed by atoms with Crippen LogP contribution in [0.3, 0.4) is 0 Å². The van der Waals surface area contributed by atoms with Crippen molar-refractivity contribution >= 4 is 5.91 Å². The van der Waals surface area contributed by atoms with Crippen LogP contribution < -0.4 is 5.32 Å². The lowest BCUT2D eigenvalue weighted by atomic mass is 10.0. The van der Waals surface area contributed by atoms with E-state index in [1.165, 1.54) is 5.56 Å². The average molecular weight is 390 g/mol. The second kappa shape index (κ2) is 9.01. The summed E-state index contributed by atoms with van der Waals surface area (Å²) in [6.07, 6.45) is 2.14. The molecule has 1 aromatic heterocycles. The normalized spacial score (nSPS) is 19.3. The van der Waals surface area contributed by atoms with Crippen LogP contribution >= 0.6 is 0 Å². The largest absolute Gasteiger partial charge is 0.347 e.